The number of pyridine rings is 1. The van der Waals surface area contributed by atoms with Gasteiger partial charge in [0.2, 0.25) is 0 Å². The van der Waals surface area contributed by atoms with Crippen LogP contribution in [0.25, 0.3) is 11.3 Å². The van der Waals surface area contributed by atoms with Crippen molar-refractivity contribution in [3.05, 3.63) is 65.5 Å². The average Bonchev–Trinajstić information content (AvgIpc) is 3.41. The largest absolute Gasteiger partial charge is 0.464 e. The number of esters is 1. The summed E-state index contributed by atoms with van der Waals surface area (Å²) in [6.45, 7) is 8.48. The summed E-state index contributed by atoms with van der Waals surface area (Å²) in [6.07, 6.45) is 5.46. The van der Waals surface area contributed by atoms with E-state index in [1.807, 2.05) is 65.3 Å². The highest BCUT2D eigenvalue weighted by Crippen LogP contribution is 2.41. The van der Waals surface area contributed by atoms with Crippen LogP contribution in [-0.4, -0.2) is 71.8 Å². The minimum absolute atomic E-state index is 0.0529. The zero-order valence-electron chi connectivity index (χ0n) is 24.7. The first-order chi connectivity index (χ1) is 20.3. The molecule has 2 aromatic heterocycles. The van der Waals surface area contributed by atoms with E-state index in [0.717, 1.165) is 71.3 Å². The number of fused-ring (bicyclic) bond motifs is 1. The van der Waals surface area contributed by atoms with Crippen molar-refractivity contribution in [3.8, 4) is 11.8 Å². The standard InChI is InChI=1S/C32H39N7O3/c1-5-42-32(41)27-18-26(23-9-10-28(34-20-23)38-13-11-22(19-33)12-14-38)29-30(21(2)3)36-39(31(29)35-27)25-8-6-7-24(17-25)37(4)15-16-40/h6-10,17-18,20-22,27,35,40H,5,11-16H2,1-4H3. The second-order valence-electron chi connectivity index (χ2n) is 11.1. The van der Waals surface area contributed by atoms with Gasteiger partial charge in [-0.15, -0.1) is 0 Å². The van der Waals surface area contributed by atoms with Gasteiger partial charge in [0.05, 0.1) is 30.7 Å². The summed E-state index contributed by atoms with van der Waals surface area (Å²) in [4.78, 5) is 22.1. The first-order valence-corrected chi connectivity index (χ1v) is 14.7. The number of piperidine rings is 1. The zero-order chi connectivity index (χ0) is 29.8. The number of nitriles is 1. The van der Waals surface area contributed by atoms with Gasteiger partial charge in [-0.25, -0.2) is 14.5 Å². The van der Waals surface area contributed by atoms with E-state index >= 15 is 0 Å². The van der Waals surface area contributed by atoms with E-state index in [4.69, 9.17) is 14.8 Å². The lowest BCUT2D eigenvalue weighted by Gasteiger charge is -2.30. The van der Waals surface area contributed by atoms with E-state index in [2.05, 4.69) is 30.1 Å². The second-order valence-corrected chi connectivity index (χ2v) is 11.1. The number of carbonyl (C=O) groups excluding carboxylic acids is 1. The third kappa shape index (κ3) is 5.83. The molecule has 0 saturated carbocycles. The molecule has 10 heteroatoms. The fourth-order valence-corrected chi connectivity index (χ4v) is 5.57. The van der Waals surface area contributed by atoms with Gasteiger partial charge >= 0.3 is 5.97 Å². The maximum absolute atomic E-state index is 13.1. The Labute approximate surface area is 247 Å². The maximum atomic E-state index is 13.1. The summed E-state index contributed by atoms with van der Waals surface area (Å²) in [7, 11) is 1.94. The Hall–Kier alpha value is -4.36. The first kappa shape index (κ1) is 29.1. The van der Waals surface area contributed by atoms with Crippen molar-refractivity contribution >= 4 is 28.9 Å². The number of ether oxygens (including phenoxy) is 1. The van der Waals surface area contributed by atoms with Gasteiger partial charge in [0.25, 0.3) is 0 Å². The molecule has 220 valence electrons. The molecule has 0 radical (unpaired) electrons. The molecule has 1 unspecified atom stereocenters. The molecule has 0 aliphatic carbocycles. The van der Waals surface area contributed by atoms with Crippen LogP contribution in [0.2, 0.25) is 0 Å². The predicted octanol–water partition coefficient (Wildman–Crippen LogP) is 4.35. The SMILES string of the molecule is CCOC(=O)C1C=C(c2ccc(N3CCC(C#N)CC3)nc2)c2c(C(C)C)nn(-c3cccc(N(C)CCO)c3)c2N1. The maximum Gasteiger partial charge on any atom is 0.332 e. The number of hydrogen-bond donors (Lipinski definition) is 2. The number of hydrogen-bond acceptors (Lipinski definition) is 9. The molecule has 3 aromatic rings. The van der Waals surface area contributed by atoms with Crippen LogP contribution < -0.4 is 15.1 Å². The molecule has 1 atom stereocenters. The van der Waals surface area contributed by atoms with Crippen molar-refractivity contribution in [2.45, 2.75) is 45.6 Å². The molecule has 0 spiro atoms. The Bertz CT molecular complexity index is 1480. The minimum atomic E-state index is -0.701. The number of aliphatic hydroxyl groups is 1. The lowest BCUT2D eigenvalue weighted by Crippen LogP contribution is -2.34. The smallest absolute Gasteiger partial charge is 0.332 e. The molecule has 42 heavy (non-hydrogen) atoms. The lowest BCUT2D eigenvalue weighted by molar-refractivity contribution is -0.142. The number of nitrogens with zero attached hydrogens (tertiary/aromatic N) is 6. The van der Waals surface area contributed by atoms with E-state index in [9.17, 15) is 15.2 Å². The van der Waals surface area contributed by atoms with Crippen molar-refractivity contribution in [1.82, 2.24) is 14.8 Å². The van der Waals surface area contributed by atoms with E-state index in [0.29, 0.717) is 6.54 Å². The molecule has 0 amide bonds. The molecule has 2 N–H and O–H groups in total. The Morgan fingerprint density at radius 2 is 2.05 bits per heavy atom. The van der Waals surface area contributed by atoms with Gasteiger partial charge in [-0.3, -0.25) is 0 Å². The molecule has 2 aliphatic rings. The molecule has 5 rings (SSSR count). The van der Waals surface area contributed by atoms with Crippen molar-refractivity contribution in [2.24, 2.45) is 5.92 Å². The summed E-state index contributed by atoms with van der Waals surface area (Å²) in [5, 5.41) is 27.2. The van der Waals surface area contributed by atoms with Crippen LogP contribution in [-0.2, 0) is 9.53 Å². The molecular formula is C32H39N7O3. The highest BCUT2D eigenvalue weighted by Gasteiger charge is 2.33. The second kappa shape index (κ2) is 12.7. The van der Waals surface area contributed by atoms with E-state index in [-0.39, 0.29) is 31.0 Å². The van der Waals surface area contributed by atoms with E-state index in [1.54, 1.807) is 6.92 Å². The van der Waals surface area contributed by atoms with Gasteiger partial charge < -0.3 is 25.0 Å². The van der Waals surface area contributed by atoms with Crippen LogP contribution >= 0.6 is 0 Å². The van der Waals surface area contributed by atoms with E-state index < -0.39 is 6.04 Å². The molecule has 1 fully saturated rings. The normalized spacial score (nSPS) is 16.8. The summed E-state index contributed by atoms with van der Waals surface area (Å²) in [5.74, 6) is 1.47. The van der Waals surface area contributed by atoms with Crippen LogP contribution in [0.15, 0.2) is 48.7 Å². The Kier molecular flexibility index (Phi) is 8.78. The third-order valence-corrected chi connectivity index (χ3v) is 7.91. The number of likely N-dealkylation sites (N-methyl/N-ethyl adjacent to an activating group) is 1. The number of carbonyl (C=O) groups is 1. The molecule has 1 saturated heterocycles. The quantitative estimate of drug-likeness (QED) is 0.363. The third-order valence-electron chi connectivity index (χ3n) is 7.91. The van der Waals surface area contributed by atoms with Crippen molar-refractivity contribution in [2.75, 3.05) is 55.0 Å². The fraction of sp³-hybridized carbons (Fsp3) is 0.438. The topological polar surface area (TPSA) is 120 Å². The Balaban J connectivity index is 1.58. The summed E-state index contributed by atoms with van der Waals surface area (Å²) in [5.41, 5.74) is 5.40. The number of anilines is 3. The Morgan fingerprint density at radius 1 is 1.26 bits per heavy atom. The summed E-state index contributed by atoms with van der Waals surface area (Å²) >= 11 is 0. The molecule has 10 nitrogen and oxygen atoms in total. The van der Waals surface area contributed by atoms with Crippen molar-refractivity contribution < 1.29 is 14.6 Å². The zero-order valence-corrected chi connectivity index (χ0v) is 24.7. The number of nitrogens with one attached hydrogen (secondary N) is 1. The van der Waals surface area contributed by atoms with Gasteiger partial charge in [0.1, 0.15) is 17.7 Å². The van der Waals surface area contributed by atoms with E-state index in [1.165, 1.54) is 0 Å². The first-order valence-electron chi connectivity index (χ1n) is 14.7. The van der Waals surface area contributed by atoms with Gasteiger partial charge in [-0.2, -0.15) is 10.4 Å². The van der Waals surface area contributed by atoms with Crippen LogP contribution in [0.1, 0.15) is 56.4 Å². The highest BCUT2D eigenvalue weighted by atomic mass is 16.5. The molecule has 1 aromatic carbocycles. The summed E-state index contributed by atoms with van der Waals surface area (Å²) < 4.78 is 7.29. The highest BCUT2D eigenvalue weighted by molar-refractivity contribution is 5.96. The number of benzene rings is 1. The monoisotopic (exact) mass is 569 g/mol. The van der Waals surface area contributed by atoms with Gasteiger partial charge in [-0.05, 0) is 67.7 Å². The summed E-state index contributed by atoms with van der Waals surface area (Å²) in [6, 6.07) is 13.7. The van der Waals surface area contributed by atoms with Crippen molar-refractivity contribution in [1.29, 1.82) is 5.26 Å². The van der Waals surface area contributed by atoms with Crippen LogP contribution in [0.5, 0.6) is 0 Å². The van der Waals surface area contributed by atoms with Crippen LogP contribution in [0.3, 0.4) is 0 Å². The van der Waals surface area contributed by atoms with Crippen LogP contribution in [0.4, 0.5) is 17.3 Å². The lowest BCUT2D eigenvalue weighted by atomic mass is 9.90. The van der Waals surface area contributed by atoms with Gasteiger partial charge in [0, 0.05) is 55.6 Å². The molecule has 0 bridgehead atoms. The fourth-order valence-electron chi connectivity index (χ4n) is 5.57. The number of aliphatic hydroxyl groups excluding tert-OH is 1. The number of aromatic nitrogens is 3. The van der Waals surface area contributed by atoms with Gasteiger partial charge in [-0.1, -0.05) is 19.9 Å². The predicted molar refractivity (Wildman–Crippen MR) is 164 cm³/mol. The Morgan fingerprint density at radius 3 is 2.69 bits per heavy atom. The molecule has 4 heterocycles. The van der Waals surface area contributed by atoms with Crippen molar-refractivity contribution in [3.63, 3.8) is 0 Å². The average molecular weight is 570 g/mol. The van der Waals surface area contributed by atoms with Crippen LogP contribution in [0, 0.1) is 17.2 Å². The molecule has 2 aliphatic heterocycles. The molecular weight excluding hydrogens is 530 g/mol. The van der Waals surface area contributed by atoms with Gasteiger partial charge in [0.15, 0.2) is 0 Å². The number of rotatable bonds is 9. The minimum Gasteiger partial charge on any atom is -0.464 e.